The Labute approximate surface area is 269 Å². The quantitative estimate of drug-likeness (QED) is 0.167. The van der Waals surface area contributed by atoms with Gasteiger partial charge in [-0.15, -0.1) is 11.3 Å². The number of benzene rings is 3. The second kappa shape index (κ2) is 14.5. The molecule has 0 saturated heterocycles. The summed E-state index contributed by atoms with van der Waals surface area (Å²) >= 11 is 7.33. The van der Waals surface area contributed by atoms with Gasteiger partial charge in [0.15, 0.2) is 6.10 Å². The number of carbonyl (C=O) groups excluding carboxylic acids is 3. The smallest absolute Gasteiger partial charge is 0.341 e. The molecule has 0 aliphatic carbocycles. The molecule has 3 aromatic carbocycles. The lowest BCUT2D eigenvalue weighted by molar-refractivity contribution is -0.123. The third kappa shape index (κ3) is 7.93. The van der Waals surface area contributed by atoms with Crippen molar-refractivity contribution in [2.75, 3.05) is 30.9 Å². The Bertz CT molecular complexity index is 1830. The van der Waals surface area contributed by atoms with Crippen LogP contribution >= 0.6 is 22.9 Å². The summed E-state index contributed by atoms with van der Waals surface area (Å²) in [4.78, 5) is 39.1. The van der Waals surface area contributed by atoms with Crippen molar-refractivity contribution in [3.05, 3.63) is 88.9 Å². The summed E-state index contributed by atoms with van der Waals surface area (Å²) in [5.41, 5.74) is 0.929. The van der Waals surface area contributed by atoms with E-state index in [0.29, 0.717) is 0 Å². The zero-order chi connectivity index (χ0) is 32.7. The average Bonchev–Trinajstić information content (AvgIpc) is 3.45. The van der Waals surface area contributed by atoms with Crippen LogP contribution in [0.4, 0.5) is 10.7 Å². The number of hydrogen-bond acceptors (Lipinski definition) is 10. The van der Waals surface area contributed by atoms with Crippen LogP contribution in [-0.4, -0.2) is 53.2 Å². The fourth-order valence-electron chi connectivity index (χ4n) is 4.02. The molecule has 4 rings (SSSR count). The molecule has 1 amide bonds. The minimum atomic E-state index is -4.22. The highest BCUT2D eigenvalue weighted by molar-refractivity contribution is 7.92. The maximum Gasteiger partial charge on any atom is 0.341 e. The second-order valence-electron chi connectivity index (χ2n) is 9.30. The predicted molar refractivity (Wildman–Crippen MR) is 171 cm³/mol. The predicted octanol–water partition coefficient (Wildman–Crippen LogP) is 6.25. The van der Waals surface area contributed by atoms with Gasteiger partial charge in [0, 0.05) is 10.9 Å². The molecule has 4 aromatic rings. The van der Waals surface area contributed by atoms with Crippen LogP contribution in [0.1, 0.15) is 34.6 Å². The highest BCUT2D eigenvalue weighted by atomic mass is 35.5. The van der Waals surface area contributed by atoms with Crippen LogP contribution in [0.5, 0.6) is 11.5 Å². The first kappa shape index (κ1) is 33.3. The summed E-state index contributed by atoms with van der Waals surface area (Å²) in [6.07, 6.45) is -1.31. The van der Waals surface area contributed by atoms with E-state index in [1.165, 1.54) is 62.8 Å². The minimum absolute atomic E-state index is 0.0489. The van der Waals surface area contributed by atoms with Gasteiger partial charge in [0.25, 0.3) is 15.9 Å². The lowest BCUT2D eigenvalue weighted by Crippen LogP contribution is -2.30. The number of thiophene rings is 1. The molecule has 11 nitrogen and oxygen atoms in total. The lowest BCUT2D eigenvalue weighted by atomic mass is 10.1. The van der Waals surface area contributed by atoms with Gasteiger partial charge in [0.05, 0.1) is 47.6 Å². The zero-order valence-corrected chi connectivity index (χ0v) is 27.0. The molecular formula is C31H29ClN2O9S2. The Hall–Kier alpha value is -4.59. The van der Waals surface area contributed by atoms with E-state index in [-0.39, 0.29) is 49.8 Å². The molecule has 45 heavy (non-hydrogen) atoms. The van der Waals surface area contributed by atoms with Gasteiger partial charge in [0.2, 0.25) is 0 Å². The molecule has 0 aliphatic heterocycles. The molecule has 1 atom stereocenters. The number of carbonyl (C=O) groups is 3. The molecule has 0 fully saturated rings. The Morgan fingerprint density at radius 1 is 0.911 bits per heavy atom. The SMILES string of the molecule is CCOC(=O)c1cc(-c2ccccc2)sc1NC(=O)[C@H](C)OC(=O)c1cccc(S(=O)(=O)Nc2cc(Cl)c(OC)cc2OC)c1. The van der Waals surface area contributed by atoms with Crippen LogP contribution in [0.15, 0.2) is 77.7 Å². The molecule has 1 aromatic heterocycles. The van der Waals surface area contributed by atoms with E-state index in [9.17, 15) is 22.8 Å². The summed E-state index contributed by atoms with van der Waals surface area (Å²) in [6, 6.07) is 18.8. The van der Waals surface area contributed by atoms with E-state index in [4.69, 9.17) is 30.5 Å². The van der Waals surface area contributed by atoms with Crippen molar-refractivity contribution in [1.29, 1.82) is 0 Å². The summed E-state index contributed by atoms with van der Waals surface area (Å²) in [7, 11) is -1.46. The van der Waals surface area contributed by atoms with Crippen LogP contribution in [0.3, 0.4) is 0 Å². The highest BCUT2D eigenvalue weighted by Crippen LogP contribution is 2.38. The van der Waals surface area contributed by atoms with E-state index in [2.05, 4.69) is 10.0 Å². The topological polar surface area (TPSA) is 146 Å². The van der Waals surface area contributed by atoms with Crippen molar-refractivity contribution in [2.45, 2.75) is 24.8 Å². The van der Waals surface area contributed by atoms with Crippen molar-refractivity contribution < 1.29 is 41.7 Å². The number of rotatable bonds is 12. The maximum atomic E-state index is 13.2. The molecular weight excluding hydrogens is 644 g/mol. The van der Waals surface area contributed by atoms with Crippen molar-refractivity contribution in [2.24, 2.45) is 0 Å². The van der Waals surface area contributed by atoms with E-state index < -0.39 is 34.0 Å². The fraction of sp³-hybridized carbons (Fsp3) is 0.194. The molecule has 1 heterocycles. The van der Waals surface area contributed by atoms with Gasteiger partial charge in [-0.1, -0.05) is 48.0 Å². The summed E-state index contributed by atoms with van der Waals surface area (Å²) in [5.74, 6) is -1.82. The second-order valence-corrected chi connectivity index (χ2v) is 12.4. The molecule has 0 spiro atoms. The molecule has 0 radical (unpaired) electrons. The van der Waals surface area contributed by atoms with Crippen LogP contribution in [0.25, 0.3) is 10.4 Å². The van der Waals surface area contributed by atoms with Crippen LogP contribution in [-0.2, 0) is 24.3 Å². The number of esters is 2. The van der Waals surface area contributed by atoms with Crippen molar-refractivity contribution in [1.82, 2.24) is 0 Å². The Morgan fingerprint density at radius 2 is 1.62 bits per heavy atom. The average molecular weight is 673 g/mol. The third-order valence-electron chi connectivity index (χ3n) is 6.27. The number of nitrogens with one attached hydrogen (secondary N) is 2. The van der Waals surface area contributed by atoms with E-state index in [0.717, 1.165) is 16.5 Å². The molecule has 0 bridgehead atoms. The van der Waals surface area contributed by atoms with Gasteiger partial charge in [-0.25, -0.2) is 18.0 Å². The third-order valence-corrected chi connectivity index (χ3v) is 9.03. The molecule has 0 saturated carbocycles. The highest BCUT2D eigenvalue weighted by Gasteiger charge is 2.25. The van der Waals surface area contributed by atoms with Crippen LogP contribution < -0.4 is 19.5 Å². The zero-order valence-electron chi connectivity index (χ0n) is 24.6. The maximum absolute atomic E-state index is 13.2. The number of ether oxygens (including phenoxy) is 4. The molecule has 14 heteroatoms. The van der Waals surface area contributed by atoms with E-state index in [1.54, 1.807) is 13.0 Å². The standard InChI is InChI=1S/C31H29ClN2O9S2/c1-5-42-31(37)22-15-27(19-10-7-6-8-11-19)44-29(22)33-28(35)18(2)43-30(36)20-12-9-13-21(14-20)45(38,39)34-24-16-23(32)25(40-3)17-26(24)41-4/h6-18,34H,5H2,1-4H3,(H,33,35)/t18-/m0/s1. The number of methoxy groups -OCH3 is 2. The van der Waals surface area contributed by atoms with Crippen molar-refractivity contribution >= 4 is 61.5 Å². The first-order valence-electron chi connectivity index (χ1n) is 13.4. The normalized spacial score (nSPS) is 11.7. The Kier molecular flexibility index (Phi) is 10.7. The number of anilines is 2. The first-order chi connectivity index (χ1) is 21.5. The van der Waals surface area contributed by atoms with Crippen molar-refractivity contribution in [3.8, 4) is 21.9 Å². The molecule has 0 aliphatic rings. The lowest BCUT2D eigenvalue weighted by Gasteiger charge is -2.15. The van der Waals surface area contributed by atoms with Gasteiger partial charge in [-0.3, -0.25) is 9.52 Å². The van der Waals surface area contributed by atoms with Gasteiger partial charge < -0.3 is 24.3 Å². The Morgan fingerprint density at radius 3 is 2.29 bits per heavy atom. The van der Waals surface area contributed by atoms with Gasteiger partial charge >= 0.3 is 11.9 Å². The number of sulfonamides is 1. The molecule has 236 valence electrons. The molecule has 2 N–H and O–H groups in total. The van der Waals surface area contributed by atoms with Gasteiger partial charge in [-0.2, -0.15) is 0 Å². The van der Waals surface area contributed by atoms with Gasteiger partial charge in [0.1, 0.15) is 16.5 Å². The number of halogens is 1. The minimum Gasteiger partial charge on any atom is -0.495 e. The fourth-order valence-corrected chi connectivity index (χ4v) is 6.42. The van der Waals surface area contributed by atoms with E-state index in [1.807, 2.05) is 30.3 Å². The largest absolute Gasteiger partial charge is 0.495 e. The van der Waals surface area contributed by atoms with Crippen LogP contribution in [0, 0.1) is 0 Å². The van der Waals surface area contributed by atoms with Gasteiger partial charge in [-0.05, 0) is 49.7 Å². The number of amides is 1. The van der Waals surface area contributed by atoms with Crippen LogP contribution in [0.2, 0.25) is 5.02 Å². The number of hydrogen-bond donors (Lipinski definition) is 2. The molecule has 0 unspecified atom stereocenters. The first-order valence-corrected chi connectivity index (χ1v) is 16.1. The van der Waals surface area contributed by atoms with Crippen molar-refractivity contribution in [3.63, 3.8) is 0 Å². The summed E-state index contributed by atoms with van der Waals surface area (Å²) in [6.45, 7) is 3.16. The summed E-state index contributed by atoms with van der Waals surface area (Å²) < 4.78 is 49.6. The monoisotopic (exact) mass is 672 g/mol. The Balaban J connectivity index is 1.49. The summed E-state index contributed by atoms with van der Waals surface area (Å²) in [5, 5.41) is 3.02. The van der Waals surface area contributed by atoms with E-state index >= 15 is 0 Å².